The first kappa shape index (κ1) is 71.2. The highest BCUT2D eigenvalue weighted by molar-refractivity contribution is 5.70. The number of esters is 2. The minimum atomic E-state index is -1.62. The van der Waals surface area contributed by atoms with Crippen molar-refractivity contribution in [3.63, 3.8) is 0 Å². The first-order valence-electron chi connectivity index (χ1n) is 31.3. The fraction of sp³-hybridized carbons (Fsp3) is 0.831. The number of carboxylic acids is 1. The number of nitrogens with zero attached hydrogens (tertiary/aromatic N) is 1. The van der Waals surface area contributed by atoms with Gasteiger partial charge in [-0.2, -0.15) is 0 Å². The molecule has 0 fully saturated rings. The molecule has 0 aromatic carbocycles. The van der Waals surface area contributed by atoms with Gasteiger partial charge in [-0.1, -0.05) is 249 Å². The number of unbranched alkanes of at least 4 members (excludes halogenated alkanes) is 35. The van der Waals surface area contributed by atoms with Crippen molar-refractivity contribution in [1.82, 2.24) is 0 Å². The molecule has 0 aliphatic carbocycles. The molecule has 0 rings (SSSR count). The lowest BCUT2D eigenvalue weighted by molar-refractivity contribution is -0.870. The van der Waals surface area contributed by atoms with Gasteiger partial charge in [0.05, 0.1) is 40.3 Å². The van der Waals surface area contributed by atoms with Crippen molar-refractivity contribution in [3.05, 3.63) is 48.6 Å². The Balaban J connectivity index is 4.12. The number of hydrogen-bond acceptors (Lipinski definition) is 8. The second-order valence-corrected chi connectivity index (χ2v) is 22.3. The van der Waals surface area contributed by atoms with E-state index in [-0.39, 0.29) is 38.6 Å². The number of allylic oxidation sites excluding steroid dienone is 8. The number of aliphatic carboxylic acids is 1. The molecule has 0 radical (unpaired) electrons. The Morgan fingerprint density at radius 3 is 1.08 bits per heavy atom. The lowest BCUT2D eigenvalue weighted by Gasteiger charge is -2.26. The molecule has 0 spiro atoms. The van der Waals surface area contributed by atoms with E-state index in [0.29, 0.717) is 17.4 Å². The van der Waals surface area contributed by atoms with Crippen molar-refractivity contribution in [3.8, 4) is 0 Å². The van der Waals surface area contributed by atoms with E-state index in [1.54, 1.807) is 0 Å². The molecule has 0 aliphatic rings. The minimum absolute atomic E-state index is 0.147. The van der Waals surface area contributed by atoms with Crippen molar-refractivity contribution >= 4 is 17.9 Å². The summed E-state index contributed by atoms with van der Waals surface area (Å²) in [7, 11) is 5.93. The van der Waals surface area contributed by atoms with Gasteiger partial charge >= 0.3 is 11.9 Å². The molecule has 2 unspecified atom stereocenters. The number of likely N-dealkylation sites (N-methyl/N-ethyl adjacent to an activating group) is 1. The Morgan fingerprint density at radius 2 is 0.730 bits per heavy atom. The largest absolute Gasteiger partial charge is 0.545 e. The van der Waals surface area contributed by atoms with E-state index in [9.17, 15) is 19.5 Å². The third kappa shape index (κ3) is 57.0. The topological polar surface area (TPSA) is 111 Å². The quantitative estimate of drug-likeness (QED) is 0.0195. The maximum absolute atomic E-state index is 12.9. The van der Waals surface area contributed by atoms with E-state index in [4.69, 9.17) is 18.9 Å². The van der Waals surface area contributed by atoms with Crippen LogP contribution < -0.4 is 5.11 Å². The van der Waals surface area contributed by atoms with Gasteiger partial charge in [0.1, 0.15) is 13.2 Å². The molecule has 0 bridgehead atoms. The Morgan fingerprint density at radius 1 is 0.405 bits per heavy atom. The molecule has 9 nitrogen and oxygen atoms in total. The van der Waals surface area contributed by atoms with Crippen LogP contribution in [0.25, 0.3) is 0 Å². The Kier molecular flexibility index (Phi) is 54.4. The standard InChI is InChI=1S/C65H119NO8/c1-6-8-10-12-14-16-18-20-22-24-26-27-28-29-30-31-32-33-34-35-36-37-38-40-42-44-46-48-50-52-54-56-63(68)74-61(60-73-65(64(69)70)71-58-57-66(3,4)5)59-72-62(67)55-53-51-49-47-45-43-41-39-25-23-21-19-17-15-13-11-9-7-2/h17-20,23-26,61,65H,6-16,21-22,27-60H2,1-5H3/b19-17-,20-18-,25-23-,26-24-. The highest BCUT2D eigenvalue weighted by Gasteiger charge is 2.22. The van der Waals surface area contributed by atoms with E-state index < -0.39 is 24.3 Å². The average molecular weight is 1040 g/mol. The molecule has 432 valence electrons. The molecular formula is C65H119NO8. The summed E-state index contributed by atoms with van der Waals surface area (Å²) in [5.74, 6) is -2.28. The van der Waals surface area contributed by atoms with Gasteiger partial charge in [-0.25, -0.2) is 0 Å². The number of hydrogen-bond donors (Lipinski definition) is 0. The molecule has 0 aliphatic heterocycles. The van der Waals surface area contributed by atoms with Gasteiger partial charge in [0.2, 0.25) is 0 Å². The maximum atomic E-state index is 12.9. The molecule has 0 saturated heterocycles. The van der Waals surface area contributed by atoms with Crippen LogP contribution in [0.3, 0.4) is 0 Å². The number of rotatable bonds is 58. The molecule has 0 saturated carbocycles. The third-order valence-corrected chi connectivity index (χ3v) is 13.8. The number of carbonyl (C=O) groups is 3. The molecule has 0 amide bonds. The number of ether oxygens (including phenoxy) is 4. The highest BCUT2D eigenvalue weighted by atomic mass is 16.7. The summed E-state index contributed by atoms with van der Waals surface area (Å²) < 4.78 is 22.7. The van der Waals surface area contributed by atoms with Crippen molar-refractivity contribution in [2.75, 3.05) is 47.5 Å². The second-order valence-electron chi connectivity index (χ2n) is 22.3. The summed E-state index contributed by atoms with van der Waals surface area (Å²) in [4.78, 5) is 37.3. The fourth-order valence-electron chi connectivity index (χ4n) is 8.95. The summed E-state index contributed by atoms with van der Waals surface area (Å²) in [6, 6.07) is 0. The summed E-state index contributed by atoms with van der Waals surface area (Å²) in [6.45, 7) is 4.75. The van der Waals surface area contributed by atoms with E-state index in [1.807, 2.05) is 21.1 Å². The number of quaternary nitrogens is 1. The first-order chi connectivity index (χ1) is 36.1. The van der Waals surface area contributed by atoms with Crippen LogP contribution >= 0.6 is 0 Å². The zero-order valence-electron chi connectivity index (χ0n) is 49.2. The predicted octanol–water partition coefficient (Wildman–Crippen LogP) is 17.3. The summed E-state index contributed by atoms with van der Waals surface area (Å²) in [5.41, 5.74) is 0. The van der Waals surface area contributed by atoms with E-state index >= 15 is 0 Å². The predicted molar refractivity (Wildman–Crippen MR) is 311 cm³/mol. The minimum Gasteiger partial charge on any atom is -0.545 e. The maximum Gasteiger partial charge on any atom is 0.306 e. The van der Waals surface area contributed by atoms with Gasteiger partial charge < -0.3 is 33.3 Å². The van der Waals surface area contributed by atoms with Crippen LogP contribution in [0, 0.1) is 0 Å². The van der Waals surface area contributed by atoms with Crippen LogP contribution in [0.5, 0.6) is 0 Å². The van der Waals surface area contributed by atoms with Crippen LogP contribution in [-0.2, 0) is 33.3 Å². The average Bonchev–Trinajstić information content (AvgIpc) is 3.37. The Labute approximate surface area is 457 Å². The van der Waals surface area contributed by atoms with E-state index in [1.165, 1.54) is 199 Å². The number of carbonyl (C=O) groups excluding carboxylic acids is 3. The van der Waals surface area contributed by atoms with Crippen LogP contribution in [0.4, 0.5) is 0 Å². The van der Waals surface area contributed by atoms with Gasteiger partial charge in [0.15, 0.2) is 12.4 Å². The van der Waals surface area contributed by atoms with Gasteiger partial charge in [-0.15, -0.1) is 0 Å². The summed E-state index contributed by atoms with van der Waals surface area (Å²) in [6.07, 6.45) is 67.4. The molecule has 74 heavy (non-hydrogen) atoms. The van der Waals surface area contributed by atoms with Gasteiger partial charge in [0.25, 0.3) is 0 Å². The third-order valence-electron chi connectivity index (χ3n) is 13.8. The fourth-order valence-corrected chi connectivity index (χ4v) is 8.95. The lowest BCUT2D eigenvalue weighted by Crippen LogP contribution is -2.44. The lowest BCUT2D eigenvalue weighted by atomic mass is 10.0. The van der Waals surface area contributed by atoms with Gasteiger partial charge in [0, 0.05) is 12.8 Å². The van der Waals surface area contributed by atoms with Crippen LogP contribution in [0.2, 0.25) is 0 Å². The SMILES string of the molecule is CCCCCC/C=C\C/C=C\CCCCCCCCCC(=O)OCC(COC(OCC[N+](C)(C)C)C(=O)[O-])OC(=O)CCCCCCCCCCCCCCCCCCCCC/C=C\C/C=C\CCCCCCC. The molecular weight excluding hydrogens is 923 g/mol. The summed E-state index contributed by atoms with van der Waals surface area (Å²) in [5, 5.41) is 11.8. The van der Waals surface area contributed by atoms with Crippen molar-refractivity contribution in [1.29, 1.82) is 0 Å². The molecule has 0 N–H and O–H groups in total. The Hall–Kier alpha value is -2.75. The van der Waals surface area contributed by atoms with Crippen molar-refractivity contribution in [2.24, 2.45) is 0 Å². The monoisotopic (exact) mass is 1040 g/mol. The highest BCUT2D eigenvalue weighted by Crippen LogP contribution is 2.17. The second kappa shape index (κ2) is 56.5. The van der Waals surface area contributed by atoms with E-state index in [2.05, 4.69) is 62.5 Å². The molecule has 0 heterocycles. The summed E-state index contributed by atoms with van der Waals surface area (Å²) >= 11 is 0. The number of carboxylic acid groups (broad SMARTS) is 1. The zero-order chi connectivity index (χ0) is 54.1. The van der Waals surface area contributed by atoms with Crippen LogP contribution in [0.15, 0.2) is 48.6 Å². The molecule has 2 atom stereocenters. The molecule has 0 aromatic rings. The molecule has 9 heteroatoms. The zero-order valence-corrected chi connectivity index (χ0v) is 49.2. The smallest absolute Gasteiger partial charge is 0.306 e. The van der Waals surface area contributed by atoms with Crippen LogP contribution in [0.1, 0.15) is 290 Å². The normalized spacial score (nSPS) is 13.0. The van der Waals surface area contributed by atoms with Crippen LogP contribution in [-0.4, -0.2) is 82.3 Å². The molecule has 0 aromatic heterocycles. The van der Waals surface area contributed by atoms with Gasteiger partial charge in [-0.3, -0.25) is 9.59 Å². The Bertz CT molecular complexity index is 1350. The van der Waals surface area contributed by atoms with Crippen molar-refractivity contribution in [2.45, 2.75) is 302 Å². The first-order valence-corrected chi connectivity index (χ1v) is 31.3. The van der Waals surface area contributed by atoms with Gasteiger partial charge in [-0.05, 0) is 77.0 Å². The van der Waals surface area contributed by atoms with Crippen molar-refractivity contribution < 1.29 is 42.9 Å². The van der Waals surface area contributed by atoms with E-state index in [0.717, 1.165) is 57.8 Å².